The lowest BCUT2D eigenvalue weighted by molar-refractivity contribution is 1.27. The van der Waals surface area contributed by atoms with E-state index in [1.807, 2.05) is 24.3 Å². The molecule has 2 aromatic rings. The molecule has 0 bridgehead atoms. The second-order valence-corrected chi connectivity index (χ2v) is 5.81. The van der Waals surface area contributed by atoms with Gasteiger partial charge in [0.25, 0.3) is 0 Å². The molecule has 1 aliphatic rings. The SMILES string of the molecule is C[SH]1NC(c2ccccc2)=Nc2ccccc21. The maximum atomic E-state index is 4.69. The Hall–Kier alpha value is -1.74. The van der Waals surface area contributed by atoms with Crippen LogP contribution in [0.5, 0.6) is 0 Å². The summed E-state index contributed by atoms with van der Waals surface area (Å²) >= 11 is -0.351. The number of nitrogens with one attached hydrogen (secondary N) is 1. The molecule has 0 saturated carbocycles. The van der Waals surface area contributed by atoms with Crippen molar-refractivity contribution in [2.45, 2.75) is 4.90 Å². The Morgan fingerprint density at radius 2 is 1.65 bits per heavy atom. The van der Waals surface area contributed by atoms with Crippen LogP contribution in [-0.4, -0.2) is 12.1 Å². The molecule has 0 saturated heterocycles. The maximum absolute atomic E-state index is 4.69. The van der Waals surface area contributed by atoms with E-state index in [4.69, 9.17) is 0 Å². The molecule has 0 amide bonds. The normalized spacial score (nSPS) is 20.1. The number of aliphatic imine (C=N–C) groups is 1. The van der Waals surface area contributed by atoms with Crippen LogP contribution in [0.2, 0.25) is 0 Å². The average Bonchev–Trinajstić information content (AvgIpc) is 2.40. The molecule has 0 fully saturated rings. The zero-order valence-electron chi connectivity index (χ0n) is 9.59. The van der Waals surface area contributed by atoms with Crippen molar-refractivity contribution in [3.8, 4) is 0 Å². The van der Waals surface area contributed by atoms with Crippen molar-refractivity contribution in [2.75, 3.05) is 6.26 Å². The number of benzene rings is 2. The van der Waals surface area contributed by atoms with E-state index >= 15 is 0 Å². The van der Waals surface area contributed by atoms with E-state index in [2.05, 4.69) is 46.3 Å². The van der Waals surface area contributed by atoms with Crippen molar-refractivity contribution >= 4 is 22.6 Å². The number of para-hydroxylation sites is 1. The molecule has 3 rings (SSSR count). The minimum atomic E-state index is -0.351. The second kappa shape index (κ2) is 4.26. The Kier molecular flexibility index (Phi) is 2.61. The molecule has 0 aromatic heterocycles. The predicted octanol–water partition coefficient (Wildman–Crippen LogP) is 3.27. The first-order valence-electron chi connectivity index (χ1n) is 5.58. The Bertz CT molecular complexity index is 563. The average molecular weight is 242 g/mol. The van der Waals surface area contributed by atoms with E-state index in [0.717, 1.165) is 17.1 Å². The highest BCUT2D eigenvalue weighted by atomic mass is 32.2. The van der Waals surface area contributed by atoms with Gasteiger partial charge in [0, 0.05) is 10.5 Å². The number of fused-ring (bicyclic) bond motifs is 1. The molecule has 1 heterocycles. The van der Waals surface area contributed by atoms with Crippen LogP contribution in [0.1, 0.15) is 5.56 Å². The molecular weight excluding hydrogens is 228 g/mol. The fourth-order valence-electron chi connectivity index (χ4n) is 1.93. The van der Waals surface area contributed by atoms with E-state index in [9.17, 15) is 0 Å². The van der Waals surface area contributed by atoms with E-state index in [-0.39, 0.29) is 11.1 Å². The van der Waals surface area contributed by atoms with Gasteiger partial charge >= 0.3 is 0 Å². The topological polar surface area (TPSA) is 24.4 Å². The summed E-state index contributed by atoms with van der Waals surface area (Å²) in [5.41, 5.74) is 2.25. The summed E-state index contributed by atoms with van der Waals surface area (Å²) in [6, 6.07) is 18.6. The van der Waals surface area contributed by atoms with Crippen molar-refractivity contribution in [3.05, 3.63) is 60.2 Å². The molecule has 1 aliphatic heterocycles. The zero-order valence-corrected chi connectivity index (χ0v) is 10.5. The highest BCUT2D eigenvalue weighted by Crippen LogP contribution is 2.40. The Morgan fingerprint density at radius 3 is 2.47 bits per heavy atom. The van der Waals surface area contributed by atoms with Crippen LogP contribution < -0.4 is 4.72 Å². The van der Waals surface area contributed by atoms with Crippen molar-refractivity contribution in [2.24, 2.45) is 4.99 Å². The van der Waals surface area contributed by atoms with Crippen LogP contribution in [0, 0.1) is 0 Å². The van der Waals surface area contributed by atoms with Crippen LogP contribution in [0.25, 0.3) is 0 Å². The molecule has 0 spiro atoms. The highest BCUT2D eigenvalue weighted by Gasteiger charge is 2.15. The van der Waals surface area contributed by atoms with Crippen LogP contribution in [0.4, 0.5) is 5.69 Å². The van der Waals surface area contributed by atoms with Gasteiger partial charge in [-0.05, 0) is 18.4 Å². The van der Waals surface area contributed by atoms with Crippen molar-refractivity contribution in [1.82, 2.24) is 4.72 Å². The molecule has 1 atom stereocenters. The lowest BCUT2D eigenvalue weighted by Gasteiger charge is -2.27. The first-order chi connectivity index (χ1) is 8.34. The molecule has 3 heteroatoms. The number of rotatable bonds is 1. The van der Waals surface area contributed by atoms with Gasteiger partial charge in [-0.25, -0.2) is 4.99 Å². The van der Waals surface area contributed by atoms with Crippen molar-refractivity contribution < 1.29 is 0 Å². The van der Waals surface area contributed by atoms with Crippen LogP contribution in [0.3, 0.4) is 0 Å². The smallest absolute Gasteiger partial charge is 0.142 e. The molecular formula is C14H14N2S. The maximum Gasteiger partial charge on any atom is 0.142 e. The molecule has 0 aliphatic carbocycles. The van der Waals surface area contributed by atoms with Gasteiger partial charge in [-0.15, -0.1) is 0 Å². The Balaban J connectivity index is 2.08. The third-order valence-corrected chi connectivity index (χ3v) is 4.44. The standard InChI is InChI=1S/C14H14N2S/c1-17-13-10-6-5-9-12(13)15-14(16-17)11-7-3-2-4-8-11/h2-10,17H,1H3,(H,15,16). The van der Waals surface area contributed by atoms with Crippen LogP contribution >= 0.6 is 11.1 Å². The number of thiol groups is 1. The third-order valence-electron chi connectivity index (χ3n) is 2.80. The zero-order chi connectivity index (χ0) is 11.7. The van der Waals surface area contributed by atoms with Gasteiger partial charge < -0.3 is 4.72 Å². The molecule has 86 valence electrons. The van der Waals surface area contributed by atoms with Gasteiger partial charge in [0.05, 0.1) is 5.69 Å². The number of nitrogens with zero attached hydrogens (tertiary/aromatic N) is 1. The van der Waals surface area contributed by atoms with Crippen molar-refractivity contribution in [3.63, 3.8) is 0 Å². The monoisotopic (exact) mass is 242 g/mol. The fraction of sp³-hybridized carbons (Fsp3) is 0.0714. The third kappa shape index (κ3) is 1.94. The Labute approximate surface area is 104 Å². The lowest BCUT2D eigenvalue weighted by Crippen LogP contribution is -2.23. The molecule has 1 N–H and O–H groups in total. The molecule has 2 aromatic carbocycles. The van der Waals surface area contributed by atoms with Gasteiger partial charge in [0.15, 0.2) is 0 Å². The summed E-state index contributed by atoms with van der Waals surface area (Å²) in [6.07, 6.45) is 2.23. The van der Waals surface area contributed by atoms with Gasteiger partial charge in [0.1, 0.15) is 5.84 Å². The molecule has 1 unspecified atom stereocenters. The largest absolute Gasteiger partial charge is 0.330 e. The van der Waals surface area contributed by atoms with E-state index in [1.54, 1.807) is 0 Å². The fourth-order valence-corrected chi connectivity index (χ4v) is 3.33. The van der Waals surface area contributed by atoms with Gasteiger partial charge in [0.2, 0.25) is 0 Å². The summed E-state index contributed by atoms with van der Waals surface area (Å²) in [5, 5.41) is 0. The predicted molar refractivity (Wildman–Crippen MR) is 75.4 cm³/mol. The van der Waals surface area contributed by atoms with Gasteiger partial charge in [-0.2, -0.15) is 11.1 Å². The first-order valence-corrected chi connectivity index (χ1v) is 7.37. The number of hydrogen-bond donors (Lipinski definition) is 2. The van der Waals surface area contributed by atoms with Crippen LogP contribution in [0.15, 0.2) is 64.5 Å². The lowest BCUT2D eigenvalue weighted by atomic mass is 10.2. The summed E-state index contributed by atoms with van der Waals surface area (Å²) in [5.74, 6) is 0.984. The highest BCUT2D eigenvalue weighted by molar-refractivity contribution is 8.15. The quantitative estimate of drug-likeness (QED) is 0.737. The number of amidine groups is 1. The molecule has 17 heavy (non-hydrogen) atoms. The summed E-state index contributed by atoms with van der Waals surface area (Å²) in [7, 11) is 0. The molecule has 2 nitrogen and oxygen atoms in total. The summed E-state index contributed by atoms with van der Waals surface area (Å²) < 4.78 is 3.50. The van der Waals surface area contributed by atoms with Crippen molar-refractivity contribution in [1.29, 1.82) is 0 Å². The van der Waals surface area contributed by atoms with E-state index < -0.39 is 0 Å². The number of hydrogen-bond acceptors (Lipinski definition) is 2. The first kappa shape index (κ1) is 10.4. The summed E-state index contributed by atoms with van der Waals surface area (Å²) in [4.78, 5) is 6.01. The second-order valence-electron chi connectivity index (χ2n) is 3.99. The van der Waals surface area contributed by atoms with E-state index in [1.165, 1.54) is 4.90 Å². The minimum Gasteiger partial charge on any atom is -0.330 e. The molecule has 0 radical (unpaired) electrons. The minimum absolute atomic E-state index is 0.351. The summed E-state index contributed by atoms with van der Waals surface area (Å²) in [6.45, 7) is 0. The van der Waals surface area contributed by atoms with Crippen LogP contribution in [-0.2, 0) is 0 Å². The van der Waals surface area contributed by atoms with Gasteiger partial charge in [-0.3, -0.25) is 0 Å². The Morgan fingerprint density at radius 1 is 0.941 bits per heavy atom. The van der Waals surface area contributed by atoms with Gasteiger partial charge in [-0.1, -0.05) is 42.5 Å². The van der Waals surface area contributed by atoms with E-state index in [0.29, 0.717) is 0 Å².